The highest BCUT2D eigenvalue weighted by Crippen LogP contribution is 2.13. The van der Waals surface area contributed by atoms with E-state index in [0.29, 0.717) is 15.9 Å². The molecule has 0 unspecified atom stereocenters. The van der Waals surface area contributed by atoms with Crippen LogP contribution in [0.5, 0.6) is 0 Å². The first kappa shape index (κ1) is 13.5. The average molecular weight is 280 g/mol. The number of amides is 1. The highest BCUT2D eigenvalue weighted by Gasteiger charge is 2.09. The van der Waals surface area contributed by atoms with Crippen LogP contribution in [0.25, 0.3) is 10.9 Å². The summed E-state index contributed by atoms with van der Waals surface area (Å²) in [5, 5.41) is 3.60. The van der Waals surface area contributed by atoms with Gasteiger partial charge in [-0.25, -0.2) is 4.98 Å². The van der Waals surface area contributed by atoms with E-state index in [1.54, 1.807) is 18.2 Å². The van der Waals surface area contributed by atoms with Crippen LogP contribution >= 0.6 is 11.6 Å². The number of rotatable bonds is 3. The number of benzene rings is 1. The summed E-state index contributed by atoms with van der Waals surface area (Å²) in [6.07, 6.45) is 1.37. The number of carbonyl (C=O) groups is 1. The van der Waals surface area contributed by atoms with E-state index < -0.39 is 0 Å². The number of carbonyl (C=O) groups excluding carboxylic acids is 1. The van der Waals surface area contributed by atoms with Crippen molar-refractivity contribution in [3.63, 3.8) is 0 Å². The molecule has 0 bridgehead atoms. The largest absolute Gasteiger partial charge is 0.352 e. The Balaban J connectivity index is 2.37. The Morgan fingerprint density at radius 1 is 1.47 bits per heavy atom. The van der Waals surface area contributed by atoms with Gasteiger partial charge in [0, 0.05) is 11.1 Å². The normalized spacial score (nSPS) is 10.9. The van der Waals surface area contributed by atoms with Gasteiger partial charge in [-0.1, -0.05) is 11.6 Å². The van der Waals surface area contributed by atoms with Crippen LogP contribution in [0.15, 0.2) is 29.3 Å². The average Bonchev–Trinajstić information content (AvgIpc) is 2.32. The van der Waals surface area contributed by atoms with Gasteiger partial charge < -0.3 is 5.32 Å². The molecule has 0 spiro atoms. The molecular formula is C13H14ClN3O2. The van der Waals surface area contributed by atoms with E-state index in [4.69, 9.17) is 11.6 Å². The molecule has 0 aliphatic carbocycles. The minimum absolute atomic E-state index is 0.0334. The topological polar surface area (TPSA) is 64.0 Å². The third kappa shape index (κ3) is 3.12. The van der Waals surface area contributed by atoms with E-state index in [2.05, 4.69) is 10.3 Å². The molecule has 0 aliphatic rings. The third-order valence-electron chi connectivity index (χ3n) is 2.55. The van der Waals surface area contributed by atoms with Gasteiger partial charge in [0.05, 0.1) is 17.2 Å². The quantitative estimate of drug-likeness (QED) is 0.928. The van der Waals surface area contributed by atoms with Gasteiger partial charge in [0.2, 0.25) is 5.91 Å². The van der Waals surface area contributed by atoms with Gasteiger partial charge in [0.25, 0.3) is 5.56 Å². The zero-order chi connectivity index (χ0) is 14.0. The van der Waals surface area contributed by atoms with Crippen LogP contribution in [0, 0.1) is 0 Å². The lowest BCUT2D eigenvalue weighted by Crippen LogP contribution is -2.36. The fourth-order valence-corrected chi connectivity index (χ4v) is 1.94. The summed E-state index contributed by atoms with van der Waals surface area (Å²) in [6, 6.07) is 4.94. The smallest absolute Gasteiger partial charge is 0.261 e. The Kier molecular flexibility index (Phi) is 3.85. The molecular weight excluding hydrogens is 266 g/mol. The molecule has 0 fully saturated rings. The first-order valence-electron chi connectivity index (χ1n) is 5.91. The number of hydrogen-bond acceptors (Lipinski definition) is 3. The van der Waals surface area contributed by atoms with Gasteiger partial charge in [-0.05, 0) is 32.0 Å². The predicted octanol–water partition coefficient (Wildman–Crippen LogP) is 1.57. The molecule has 1 N–H and O–H groups in total. The fraction of sp³-hybridized carbons (Fsp3) is 0.308. The van der Waals surface area contributed by atoms with Crippen molar-refractivity contribution in [2.45, 2.75) is 26.4 Å². The highest BCUT2D eigenvalue weighted by molar-refractivity contribution is 6.31. The van der Waals surface area contributed by atoms with Gasteiger partial charge in [0.15, 0.2) is 0 Å². The number of nitrogens with zero attached hydrogens (tertiary/aromatic N) is 2. The Morgan fingerprint density at radius 2 is 2.21 bits per heavy atom. The third-order valence-corrected chi connectivity index (χ3v) is 2.78. The van der Waals surface area contributed by atoms with Crippen LogP contribution in [0.4, 0.5) is 0 Å². The molecule has 100 valence electrons. The number of hydrogen-bond donors (Lipinski definition) is 1. The molecule has 1 amide bonds. The van der Waals surface area contributed by atoms with E-state index >= 15 is 0 Å². The number of aromatic nitrogens is 2. The van der Waals surface area contributed by atoms with Crippen LogP contribution in [0.3, 0.4) is 0 Å². The second-order valence-electron chi connectivity index (χ2n) is 4.56. The van der Waals surface area contributed by atoms with E-state index in [1.807, 2.05) is 13.8 Å². The SMILES string of the molecule is CC(C)NC(=O)Cn1cnc2ccc(Cl)cc2c1=O. The van der Waals surface area contributed by atoms with Crippen LogP contribution in [0.1, 0.15) is 13.8 Å². The summed E-state index contributed by atoms with van der Waals surface area (Å²) in [7, 11) is 0. The molecule has 1 aromatic carbocycles. The molecule has 5 nitrogen and oxygen atoms in total. The van der Waals surface area contributed by atoms with Crippen molar-refractivity contribution < 1.29 is 4.79 Å². The van der Waals surface area contributed by atoms with E-state index in [0.717, 1.165) is 0 Å². The van der Waals surface area contributed by atoms with Gasteiger partial charge in [-0.15, -0.1) is 0 Å². The fourth-order valence-electron chi connectivity index (χ4n) is 1.77. The minimum Gasteiger partial charge on any atom is -0.352 e. The summed E-state index contributed by atoms with van der Waals surface area (Å²) in [5.41, 5.74) is 0.293. The monoisotopic (exact) mass is 279 g/mol. The van der Waals surface area contributed by atoms with E-state index in [-0.39, 0.29) is 24.1 Å². The molecule has 19 heavy (non-hydrogen) atoms. The van der Waals surface area contributed by atoms with Crippen molar-refractivity contribution in [1.29, 1.82) is 0 Å². The van der Waals surface area contributed by atoms with E-state index in [1.165, 1.54) is 10.9 Å². The van der Waals surface area contributed by atoms with Crippen molar-refractivity contribution in [2.75, 3.05) is 0 Å². The molecule has 0 atom stereocenters. The van der Waals surface area contributed by atoms with Crippen molar-refractivity contribution in [3.05, 3.63) is 39.9 Å². The summed E-state index contributed by atoms with van der Waals surface area (Å²) < 4.78 is 1.27. The zero-order valence-electron chi connectivity index (χ0n) is 10.7. The molecule has 6 heteroatoms. The lowest BCUT2D eigenvalue weighted by Gasteiger charge is -2.10. The molecule has 0 radical (unpaired) electrons. The second-order valence-corrected chi connectivity index (χ2v) is 5.00. The number of fused-ring (bicyclic) bond motifs is 1. The highest BCUT2D eigenvalue weighted by atomic mass is 35.5. The van der Waals surface area contributed by atoms with Crippen LogP contribution in [-0.4, -0.2) is 21.5 Å². The standard InChI is InChI=1S/C13H14ClN3O2/c1-8(2)16-12(18)6-17-7-15-11-4-3-9(14)5-10(11)13(17)19/h3-5,7-8H,6H2,1-2H3,(H,16,18). The van der Waals surface area contributed by atoms with Crippen molar-refractivity contribution in [2.24, 2.45) is 0 Å². The van der Waals surface area contributed by atoms with Crippen molar-refractivity contribution in [3.8, 4) is 0 Å². The summed E-state index contributed by atoms with van der Waals surface area (Å²) in [4.78, 5) is 28.0. The van der Waals surface area contributed by atoms with Gasteiger partial charge >= 0.3 is 0 Å². The Morgan fingerprint density at radius 3 is 2.89 bits per heavy atom. The van der Waals surface area contributed by atoms with Gasteiger partial charge in [0.1, 0.15) is 6.54 Å². The maximum absolute atomic E-state index is 12.2. The first-order chi connectivity index (χ1) is 8.97. The molecule has 1 aromatic heterocycles. The van der Waals surface area contributed by atoms with Crippen molar-refractivity contribution >= 4 is 28.4 Å². The van der Waals surface area contributed by atoms with Gasteiger partial charge in [-0.3, -0.25) is 14.2 Å². The lowest BCUT2D eigenvalue weighted by atomic mass is 10.2. The molecule has 2 rings (SSSR count). The predicted molar refractivity (Wildman–Crippen MR) is 74.3 cm³/mol. The number of nitrogens with one attached hydrogen (secondary N) is 1. The first-order valence-corrected chi connectivity index (χ1v) is 6.29. The molecule has 0 saturated carbocycles. The van der Waals surface area contributed by atoms with Crippen molar-refractivity contribution in [1.82, 2.24) is 14.9 Å². The molecule has 1 heterocycles. The molecule has 0 aliphatic heterocycles. The Hall–Kier alpha value is -1.88. The lowest BCUT2D eigenvalue weighted by molar-refractivity contribution is -0.122. The number of halogens is 1. The molecule has 2 aromatic rings. The Bertz CT molecular complexity index is 679. The summed E-state index contributed by atoms with van der Waals surface area (Å²) in [5.74, 6) is -0.222. The second kappa shape index (κ2) is 5.40. The van der Waals surface area contributed by atoms with E-state index in [9.17, 15) is 9.59 Å². The van der Waals surface area contributed by atoms with Crippen LogP contribution in [-0.2, 0) is 11.3 Å². The zero-order valence-corrected chi connectivity index (χ0v) is 11.4. The minimum atomic E-state index is -0.272. The molecule has 0 saturated heterocycles. The summed E-state index contributed by atoms with van der Waals surface area (Å²) >= 11 is 5.86. The summed E-state index contributed by atoms with van der Waals surface area (Å²) in [6.45, 7) is 3.67. The van der Waals surface area contributed by atoms with Gasteiger partial charge in [-0.2, -0.15) is 0 Å². The van der Waals surface area contributed by atoms with Crippen LogP contribution in [0.2, 0.25) is 5.02 Å². The maximum Gasteiger partial charge on any atom is 0.261 e. The maximum atomic E-state index is 12.2. The van der Waals surface area contributed by atoms with Crippen LogP contribution < -0.4 is 10.9 Å². The Labute approximate surface area is 115 Å².